The number of hydrogen-bond acceptors (Lipinski definition) is 3. The molecule has 0 spiro atoms. The van der Waals surface area contributed by atoms with Crippen molar-refractivity contribution in [2.24, 2.45) is 5.92 Å². The molecule has 1 rings (SSSR count). The van der Waals surface area contributed by atoms with Gasteiger partial charge in [0.25, 0.3) is 0 Å². The van der Waals surface area contributed by atoms with Gasteiger partial charge >= 0.3 is 12.0 Å². The Morgan fingerprint density at radius 1 is 1.50 bits per heavy atom. The fourth-order valence-electron chi connectivity index (χ4n) is 1.87. The quantitative estimate of drug-likeness (QED) is 0.832. The Balaban J connectivity index is 2.68. The fraction of sp³-hybridized carbons (Fsp3) is 0.833. The first-order valence-electron chi connectivity index (χ1n) is 6.37. The highest BCUT2D eigenvalue weighted by molar-refractivity contribution is 7.99. The lowest BCUT2D eigenvalue weighted by Gasteiger charge is -2.30. The van der Waals surface area contributed by atoms with Gasteiger partial charge in [-0.1, -0.05) is 20.3 Å². The maximum Gasteiger partial charge on any atom is 0.327 e. The number of rotatable bonds is 5. The van der Waals surface area contributed by atoms with Crippen molar-refractivity contribution in [2.75, 3.05) is 24.7 Å². The Morgan fingerprint density at radius 3 is 2.67 bits per heavy atom. The van der Waals surface area contributed by atoms with Crippen molar-refractivity contribution in [1.82, 2.24) is 9.80 Å². The van der Waals surface area contributed by atoms with Crippen molar-refractivity contribution in [3.8, 4) is 0 Å². The molecule has 1 aliphatic rings. The second kappa shape index (κ2) is 6.87. The minimum absolute atomic E-state index is 0.143. The standard InChI is InChI=1S/C12H22N2O3S/c1-4-9(3)6-13(5-2)12(17)14-8-18-7-10(14)11(15)16/h9-10H,4-8H2,1-3H3,(H,15,16). The topological polar surface area (TPSA) is 60.9 Å². The summed E-state index contributed by atoms with van der Waals surface area (Å²) in [5, 5.41) is 9.09. The molecular formula is C12H22N2O3S. The highest BCUT2D eigenvalue weighted by Gasteiger charge is 2.36. The van der Waals surface area contributed by atoms with Gasteiger partial charge < -0.3 is 14.9 Å². The van der Waals surface area contributed by atoms with Crippen LogP contribution in [0.4, 0.5) is 4.79 Å². The smallest absolute Gasteiger partial charge is 0.327 e. The Hall–Kier alpha value is -0.910. The average Bonchev–Trinajstić information content (AvgIpc) is 2.83. The maximum atomic E-state index is 12.3. The lowest BCUT2D eigenvalue weighted by molar-refractivity contribution is -0.140. The van der Waals surface area contributed by atoms with E-state index in [2.05, 4.69) is 13.8 Å². The van der Waals surface area contributed by atoms with Gasteiger partial charge in [-0.2, -0.15) is 0 Å². The van der Waals surface area contributed by atoms with Crippen molar-refractivity contribution in [1.29, 1.82) is 0 Å². The molecule has 2 atom stereocenters. The molecule has 0 aromatic heterocycles. The zero-order valence-corrected chi connectivity index (χ0v) is 12.1. The van der Waals surface area contributed by atoms with Gasteiger partial charge in [-0.15, -0.1) is 11.8 Å². The van der Waals surface area contributed by atoms with E-state index < -0.39 is 12.0 Å². The van der Waals surface area contributed by atoms with Crippen LogP contribution >= 0.6 is 11.8 Å². The fourth-order valence-corrected chi connectivity index (χ4v) is 3.00. The molecule has 18 heavy (non-hydrogen) atoms. The SMILES string of the molecule is CCC(C)CN(CC)C(=O)N1CSCC1C(=O)O. The van der Waals surface area contributed by atoms with Gasteiger partial charge in [0, 0.05) is 18.8 Å². The first-order chi connectivity index (χ1) is 8.51. The molecule has 1 aliphatic heterocycles. The van der Waals surface area contributed by atoms with Crippen LogP contribution in [0.3, 0.4) is 0 Å². The molecule has 2 amide bonds. The summed E-state index contributed by atoms with van der Waals surface area (Å²) in [6.45, 7) is 7.44. The lowest BCUT2D eigenvalue weighted by Crippen LogP contribution is -2.49. The second-order valence-electron chi connectivity index (χ2n) is 4.66. The molecule has 1 fully saturated rings. The van der Waals surface area contributed by atoms with E-state index >= 15 is 0 Å². The normalized spacial score (nSPS) is 20.8. The van der Waals surface area contributed by atoms with Crippen LogP contribution in [0.2, 0.25) is 0 Å². The first-order valence-corrected chi connectivity index (χ1v) is 7.52. The van der Waals surface area contributed by atoms with Crippen molar-refractivity contribution in [2.45, 2.75) is 33.2 Å². The molecule has 1 heterocycles. The molecule has 0 aliphatic carbocycles. The molecule has 5 nitrogen and oxygen atoms in total. The van der Waals surface area contributed by atoms with Crippen molar-refractivity contribution in [3.05, 3.63) is 0 Å². The number of carbonyl (C=O) groups excluding carboxylic acids is 1. The van der Waals surface area contributed by atoms with E-state index in [9.17, 15) is 9.59 Å². The third-order valence-electron chi connectivity index (χ3n) is 3.29. The van der Waals surface area contributed by atoms with Crippen LogP contribution in [0.1, 0.15) is 27.2 Å². The summed E-state index contributed by atoms with van der Waals surface area (Å²) < 4.78 is 0. The number of aliphatic carboxylic acids is 1. The summed E-state index contributed by atoms with van der Waals surface area (Å²) in [7, 11) is 0. The maximum absolute atomic E-state index is 12.3. The van der Waals surface area contributed by atoms with Crippen molar-refractivity contribution >= 4 is 23.8 Å². The molecule has 6 heteroatoms. The third kappa shape index (κ3) is 3.54. The minimum atomic E-state index is -0.909. The zero-order valence-electron chi connectivity index (χ0n) is 11.3. The van der Waals surface area contributed by atoms with Crippen LogP contribution < -0.4 is 0 Å². The van der Waals surface area contributed by atoms with Gasteiger partial charge in [0.15, 0.2) is 0 Å². The highest BCUT2D eigenvalue weighted by atomic mass is 32.2. The summed E-state index contributed by atoms with van der Waals surface area (Å²) in [5.74, 6) is 0.495. The van der Waals surface area contributed by atoms with E-state index in [1.165, 1.54) is 16.7 Å². The van der Waals surface area contributed by atoms with E-state index in [-0.39, 0.29) is 6.03 Å². The van der Waals surface area contributed by atoms with E-state index in [0.29, 0.717) is 30.6 Å². The van der Waals surface area contributed by atoms with Crippen LogP contribution in [0.5, 0.6) is 0 Å². The highest BCUT2D eigenvalue weighted by Crippen LogP contribution is 2.23. The number of carboxylic acids is 1. The number of carbonyl (C=O) groups is 2. The van der Waals surface area contributed by atoms with E-state index in [4.69, 9.17) is 5.11 Å². The van der Waals surface area contributed by atoms with E-state index in [1.807, 2.05) is 6.92 Å². The van der Waals surface area contributed by atoms with Gasteiger partial charge in [-0.3, -0.25) is 0 Å². The Labute approximate surface area is 113 Å². The Morgan fingerprint density at radius 2 is 2.17 bits per heavy atom. The third-order valence-corrected chi connectivity index (χ3v) is 4.31. The molecule has 0 saturated carbocycles. The van der Waals surface area contributed by atoms with E-state index in [1.54, 1.807) is 4.90 Å². The molecule has 0 radical (unpaired) electrons. The van der Waals surface area contributed by atoms with Crippen LogP contribution in [0, 0.1) is 5.92 Å². The number of amides is 2. The molecule has 0 aromatic carbocycles. The summed E-state index contributed by atoms with van der Waals surface area (Å²) in [6, 6.07) is -0.816. The van der Waals surface area contributed by atoms with Crippen LogP contribution in [0.25, 0.3) is 0 Å². The van der Waals surface area contributed by atoms with Crippen LogP contribution in [0.15, 0.2) is 0 Å². The molecule has 104 valence electrons. The van der Waals surface area contributed by atoms with Crippen molar-refractivity contribution in [3.63, 3.8) is 0 Å². The monoisotopic (exact) mass is 274 g/mol. The first kappa shape index (κ1) is 15.1. The van der Waals surface area contributed by atoms with Gasteiger partial charge in [-0.25, -0.2) is 9.59 Å². The van der Waals surface area contributed by atoms with Crippen molar-refractivity contribution < 1.29 is 14.7 Å². The number of carboxylic acid groups (broad SMARTS) is 1. The minimum Gasteiger partial charge on any atom is -0.480 e. The van der Waals surface area contributed by atoms with E-state index in [0.717, 1.165) is 6.42 Å². The molecule has 0 aromatic rings. The van der Waals surface area contributed by atoms with Gasteiger partial charge in [0.2, 0.25) is 0 Å². The summed E-state index contributed by atoms with van der Waals surface area (Å²) in [6.07, 6.45) is 1.01. The summed E-state index contributed by atoms with van der Waals surface area (Å²) in [5.41, 5.74) is 0. The predicted molar refractivity (Wildman–Crippen MR) is 72.7 cm³/mol. The van der Waals surface area contributed by atoms with Crippen LogP contribution in [-0.2, 0) is 4.79 Å². The molecule has 2 unspecified atom stereocenters. The van der Waals surface area contributed by atoms with Gasteiger partial charge in [0.05, 0.1) is 5.88 Å². The zero-order chi connectivity index (χ0) is 13.7. The summed E-state index contributed by atoms with van der Waals surface area (Å²) in [4.78, 5) is 26.6. The van der Waals surface area contributed by atoms with Crippen LogP contribution in [-0.4, -0.2) is 57.7 Å². The second-order valence-corrected chi connectivity index (χ2v) is 5.66. The molecule has 0 bridgehead atoms. The number of thioether (sulfide) groups is 1. The number of nitrogens with zero attached hydrogens (tertiary/aromatic N) is 2. The molecule has 1 saturated heterocycles. The summed E-state index contributed by atoms with van der Waals surface area (Å²) >= 11 is 1.50. The Kier molecular flexibility index (Phi) is 5.78. The lowest BCUT2D eigenvalue weighted by atomic mass is 10.1. The molecular weight excluding hydrogens is 252 g/mol. The number of urea groups is 1. The average molecular weight is 274 g/mol. The van der Waals surface area contributed by atoms with Gasteiger partial charge in [-0.05, 0) is 12.8 Å². The Bertz CT molecular complexity index is 312. The largest absolute Gasteiger partial charge is 0.480 e. The predicted octanol–water partition coefficient (Wildman–Crippen LogP) is 1.93. The van der Waals surface area contributed by atoms with Gasteiger partial charge in [0.1, 0.15) is 6.04 Å². The molecule has 1 N–H and O–H groups in total. The number of hydrogen-bond donors (Lipinski definition) is 1.